The maximum atomic E-state index is 13.3. The number of nitrogens with one attached hydrogen (secondary N) is 2. The Morgan fingerprint density at radius 3 is 2.66 bits per heavy atom. The lowest BCUT2D eigenvalue weighted by Crippen LogP contribution is -2.25. The fourth-order valence-electron chi connectivity index (χ4n) is 4.00. The Morgan fingerprint density at radius 1 is 1.09 bits per heavy atom. The van der Waals surface area contributed by atoms with Crippen molar-refractivity contribution < 1.29 is 19.1 Å². The number of rotatable bonds is 9. The average molecular weight is 529 g/mol. The summed E-state index contributed by atoms with van der Waals surface area (Å²) in [4.78, 5) is 41.1. The Kier molecular flexibility index (Phi) is 8.64. The number of hydrogen-bond acceptors (Lipinski definition) is 7. The number of carbonyl (C=O) groups is 3. The highest BCUT2D eigenvalue weighted by molar-refractivity contribution is 8.00. The first kappa shape index (κ1) is 25.5. The molecule has 1 aromatic carbocycles. The van der Waals surface area contributed by atoms with Crippen molar-refractivity contribution >= 4 is 62.9 Å². The van der Waals surface area contributed by atoms with Gasteiger partial charge in [-0.3, -0.25) is 9.59 Å². The van der Waals surface area contributed by atoms with Gasteiger partial charge in [0.1, 0.15) is 5.00 Å². The molecule has 35 heavy (non-hydrogen) atoms. The third kappa shape index (κ3) is 6.15. The average Bonchev–Trinajstić information content (AvgIpc) is 3.51. The minimum atomic E-state index is -0.364. The van der Waals surface area contributed by atoms with Gasteiger partial charge in [0.25, 0.3) is 5.91 Å². The van der Waals surface area contributed by atoms with Gasteiger partial charge >= 0.3 is 5.97 Å². The molecule has 0 aliphatic heterocycles. The number of anilines is 2. The lowest BCUT2D eigenvalue weighted by atomic mass is 9.95. The first-order valence-electron chi connectivity index (χ1n) is 11.7. The molecule has 0 saturated carbocycles. The molecule has 0 spiro atoms. The van der Waals surface area contributed by atoms with Gasteiger partial charge in [0.05, 0.1) is 22.3 Å². The van der Waals surface area contributed by atoms with Gasteiger partial charge in [-0.1, -0.05) is 19.1 Å². The number of benzene rings is 1. The van der Waals surface area contributed by atoms with Crippen LogP contribution >= 0.6 is 34.4 Å². The molecule has 6 nitrogen and oxygen atoms in total. The van der Waals surface area contributed by atoms with E-state index in [1.165, 1.54) is 39.3 Å². The Morgan fingerprint density at radius 2 is 1.91 bits per heavy atom. The van der Waals surface area contributed by atoms with E-state index in [4.69, 9.17) is 4.74 Å². The van der Waals surface area contributed by atoms with Crippen LogP contribution in [0, 0.1) is 0 Å². The van der Waals surface area contributed by atoms with Gasteiger partial charge in [-0.25, -0.2) is 4.79 Å². The number of carbonyl (C=O) groups excluding carboxylic acids is 3. The molecule has 3 aromatic rings. The first-order valence-corrected chi connectivity index (χ1v) is 14.3. The van der Waals surface area contributed by atoms with Crippen LogP contribution in [-0.4, -0.2) is 29.6 Å². The molecule has 1 aliphatic carbocycles. The molecule has 2 amide bonds. The summed E-state index contributed by atoms with van der Waals surface area (Å²) >= 11 is 4.33. The third-order valence-corrected chi connectivity index (χ3v) is 9.10. The third-order valence-electron chi connectivity index (χ3n) is 5.67. The molecular weight excluding hydrogens is 500 g/mol. The van der Waals surface area contributed by atoms with Crippen molar-refractivity contribution in [3.63, 3.8) is 0 Å². The molecule has 2 N–H and O–H groups in total. The van der Waals surface area contributed by atoms with E-state index >= 15 is 0 Å². The highest BCUT2D eigenvalue weighted by Gasteiger charge is 2.29. The van der Waals surface area contributed by atoms with Crippen LogP contribution in [0.15, 0.2) is 46.7 Å². The van der Waals surface area contributed by atoms with Crippen LogP contribution in [0.4, 0.5) is 10.7 Å². The summed E-state index contributed by atoms with van der Waals surface area (Å²) in [6.07, 6.45) is 4.51. The van der Waals surface area contributed by atoms with E-state index in [2.05, 4.69) is 10.6 Å². The summed E-state index contributed by atoms with van der Waals surface area (Å²) in [5.41, 5.74) is 2.24. The Balaban J connectivity index is 1.48. The lowest BCUT2D eigenvalue weighted by molar-refractivity contribution is -0.115. The number of ether oxygens (including phenoxy) is 1. The van der Waals surface area contributed by atoms with E-state index in [-0.39, 0.29) is 23.0 Å². The molecule has 1 unspecified atom stereocenters. The zero-order valence-electron chi connectivity index (χ0n) is 19.7. The summed E-state index contributed by atoms with van der Waals surface area (Å²) < 4.78 is 5.31. The van der Waals surface area contributed by atoms with Crippen LogP contribution in [0.2, 0.25) is 0 Å². The van der Waals surface area contributed by atoms with Gasteiger partial charge in [0, 0.05) is 15.5 Å². The van der Waals surface area contributed by atoms with Crippen LogP contribution in [0.1, 0.15) is 63.6 Å². The normalized spacial score (nSPS) is 13.5. The van der Waals surface area contributed by atoms with Crippen LogP contribution in [0.5, 0.6) is 0 Å². The minimum Gasteiger partial charge on any atom is -0.462 e. The fraction of sp³-hybridized carbons (Fsp3) is 0.346. The number of hydrogen-bond donors (Lipinski definition) is 2. The van der Waals surface area contributed by atoms with Crippen molar-refractivity contribution in [1.82, 2.24) is 0 Å². The van der Waals surface area contributed by atoms with E-state index in [1.807, 2.05) is 42.6 Å². The second kappa shape index (κ2) is 11.9. The Labute approximate surface area is 217 Å². The molecule has 2 aromatic heterocycles. The maximum Gasteiger partial charge on any atom is 0.341 e. The second-order valence-corrected chi connectivity index (χ2v) is 11.4. The highest BCUT2D eigenvalue weighted by atomic mass is 32.2. The molecule has 0 radical (unpaired) electrons. The topological polar surface area (TPSA) is 84.5 Å². The van der Waals surface area contributed by atoms with Crippen LogP contribution in [0.25, 0.3) is 0 Å². The molecule has 0 saturated heterocycles. The molecule has 0 bridgehead atoms. The van der Waals surface area contributed by atoms with Crippen LogP contribution in [-0.2, 0) is 22.4 Å². The summed E-state index contributed by atoms with van der Waals surface area (Å²) in [5.74, 6) is -0.660. The first-order chi connectivity index (χ1) is 17.0. The van der Waals surface area contributed by atoms with Crippen molar-refractivity contribution in [3.8, 4) is 0 Å². The molecule has 0 fully saturated rings. The second-order valence-electron chi connectivity index (χ2n) is 8.10. The molecule has 2 heterocycles. The van der Waals surface area contributed by atoms with Crippen molar-refractivity contribution in [2.24, 2.45) is 0 Å². The van der Waals surface area contributed by atoms with E-state index in [0.29, 0.717) is 34.2 Å². The number of thiophene rings is 2. The molecule has 1 aliphatic rings. The summed E-state index contributed by atoms with van der Waals surface area (Å²) in [5, 5.41) is 8.05. The van der Waals surface area contributed by atoms with Gasteiger partial charge in [0.15, 0.2) is 0 Å². The van der Waals surface area contributed by atoms with E-state index < -0.39 is 0 Å². The quantitative estimate of drug-likeness (QED) is 0.241. The zero-order chi connectivity index (χ0) is 24.8. The molecule has 184 valence electrons. The highest BCUT2D eigenvalue weighted by Crippen LogP contribution is 2.39. The predicted octanol–water partition coefficient (Wildman–Crippen LogP) is 6.63. The molecule has 9 heteroatoms. The number of amides is 2. The van der Waals surface area contributed by atoms with Gasteiger partial charge in [-0.15, -0.1) is 34.4 Å². The van der Waals surface area contributed by atoms with E-state index in [9.17, 15) is 14.4 Å². The predicted molar refractivity (Wildman–Crippen MR) is 144 cm³/mol. The monoisotopic (exact) mass is 528 g/mol. The van der Waals surface area contributed by atoms with Gasteiger partial charge in [0.2, 0.25) is 5.91 Å². The summed E-state index contributed by atoms with van der Waals surface area (Å²) in [6, 6.07) is 11.1. The Bertz CT molecular complexity index is 1200. The molecule has 1 atom stereocenters. The van der Waals surface area contributed by atoms with Crippen LogP contribution in [0.3, 0.4) is 0 Å². The fourth-order valence-corrected chi connectivity index (χ4v) is 6.91. The van der Waals surface area contributed by atoms with E-state index in [1.54, 1.807) is 13.0 Å². The zero-order valence-corrected chi connectivity index (χ0v) is 22.2. The summed E-state index contributed by atoms with van der Waals surface area (Å²) in [7, 11) is 0. The van der Waals surface area contributed by atoms with Crippen LogP contribution < -0.4 is 10.6 Å². The smallest absolute Gasteiger partial charge is 0.341 e. The van der Waals surface area contributed by atoms with Crippen molar-refractivity contribution in [3.05, 3.63) is 62.7 Å². The molecule has 4 rings (SSSR count). The Hall–Kier alpha value is -2.62. The van der Waals surface area contributed by atoms with Gasteiger partial charge in [-0.2, -0.15) is 0 Å². The number of aryl methyl sites for hydroxylation is 1. The SMILES string of the molecule is CCOC(=O)c1c(NC(=O)C(CC)Sc2cccc(NC(=O)c3cccs3)c2)sc2c1CCCC2. The molecular formula is C26H28N2O4S3. The minimum absolute atomic E-state index is 0.144. The lowest BCUT2D eigenvalue weighted by Gasteiger charge is -2.16. The number of fused-ring (bicyclic) bond motifs is 1. The van der Waals surface area contributed by atoms with E-state index in [0.717, 1.165) is 36.1 Å². The van der Waals surface area contributed by atoms with Gasteiger partial charge in [-0.05, 0) is 74.2 Å². The van der Waals surface area contributed by atoms with Crippen molar-refractivity contribution in [2.75, 3.05) is 17.2 Å². The number of thioether (sulfide) groups is 1. The van der Waals surface area contributed by atoms with Crippen molar-refractivity contribution in [1.29, 1.82) is 0 Å². The van der Waals surface area contributed by atoms with Crippen molar-refractivity contribution in [2.45, 2.75) is 56.1 Å². The maximum absolute atomic E-state index is 13.3. The summed E-state index contributed by atoms with van der Waals surface area (Å²) in [6.45, 7) is 4.05. The number of esters is 1. The standard InChI is InChI=1S/C26H28N2O4S3/c1-3-19(34-17-10-7-9-16(15-17)27-24(30)21-13-8-14-33-21)23(29)28-25-22(26(31)32-4-2)18-11-5-6-12-20(18)35-25/h7-10,13-15,19H,3-6,11-12H2,1-2H3,(H,27,30)(H,28,29). The largest absolute Gasteiger partial charge is 0.462 e. The van der Waals surface area contributed by atoms with Gasteiger partial charge < -0.3 is 15.4 Å².